The molecule has 0 aliphatic rings. The van der Waals surface area contributed by atoms with E-state index in [1.54, 1.807) is 6.07 Å². The minimum atomic E-state index is -1.48. The zero-order valence-corrected chi connectivity index (χ0v) is 12.9. The van der Waals surface area contributed by atoms with Crippen molar-refractivity contribution in [1.82, 2.24) is 5.32 Å². The van der Waals surface area contributed by atoms with Gasteiger partial charge in [0, 0.05) is 5.02 Å². The number of furan rings is 1. The number of rotatable bonds is 4. The molecule has 1 aromatic carbocycles. The smallest absolute Gasteiger partial charge is 0.313 e. The van der Waals surface area contributed by atoms with Gasteiger partial charge in [-0.05, 0) is 37.3 Å². The quantitative estimate of drug-likeness (QED) is 0.743. The summed E-state index contributed by atoms with van der Waals surface area (Å²) in [5.74, 6) is -2.61. The Morgan fingerprint density at radius 3 is 2.70 bits per heavy atom. The lowest BCUT2D eigenvalue weighted by atomic mass is 10.0. The number of benzene rings is 1. The molecule has 1 unspecified atom stereocenters. The minimum Gasteiger partial charge on any atom is -0.466 e. The number of aliphatic hydroxyl groups is 1. The normalized spacial score (nSPS) is 13.2. The Labute approximate surface area is 136 Å². The molecule has 23 heavy (non-hydrogen) atoms. The standard InChI is InChI=1S/C15H14ClFN2O4/c1-15(22,12-3-2-6-23-12)8-18-13(20)14(21)19-11-5-4-9(16)7-10(11)17/h2-7,22H,8H2,1H3,(H,18,20)(H,19,21). The van der Waals surface area contributed by atoms with Crippen molar-refractivity contribution in [2.75, 3.05) is 11.9 Å². The molecular formula is C15H14ClFN2O4. The van der Waals surface area contributed by atoms with Gasteiger partial charge in [0.25, 0.3) is 0 Å². The Hall–Kier alpha value is -2.38. The first-order valence-corrected chi connectivity index (χ1v) is 6.98. The highest BCUT2D eigenvalue weighted by Crippen LogP contribution is 2.20. The van der Waals surface area contributed by atoms with Gasteiger partial charge in [0.15, 0.2) is 0 Å². The largest absolute Gasteiger partial charge is 0.466 e. The fraction of sp³-hybridized carbons (Fsp3) is 0.200. The third kappa shape index (κ3) is 4.30. The summed E-state index contributed by atoms with van der Waals surface area (Å²) in [7, 11) is 0. The SMILES string of the molecule is CC(O)(CNC(=O)C(=O)Nc1ccc(Cl)cc1F)c1ccco1. The molecule has 1 aromatic heterocycles. The van der Waals surface area contributed by atoms with Gasteiger partial charge in [-0.15, -0.1) is 0 Å². The third-order valence-corrected chi connectivity index (χ3v) is 3.27. The van der Waals surface area contributed by atoms with Gasteiger partial charge < -0.3 is 20.2 Å². The van der Waals surface area contributed by atoms with Crippen LogP contribution in [0.15, 0.2) is 41.0 Å². The Morgan fingerprint density at radius 1 is 1.35 bits per heavy atom. The molecule has 122 valence electrons. The summed E-state index contributed by atoms with van der Waals surface area (Å²) in [5, 5.41) is 14.7. The molecule has 6 nitrogen and oxygen atoms in total. The van der Waals surface area contributed by atoms with Gasteiger partial charge in [0.2, 0.25) is 0 Å². The van der Waals surface area contributed by atoms with E-state index >= 15 is 0 Å². The number of hydrogen-bond donors (Lipinski definition) is 3. The highest BCUT2D eigenvalue weighted by atomic mass is 35.5. The van der Waals surface area contributed by atoms with E-state index in [9.17, 15) is 19.1 Å². The van der Waals surface area contributed by atoms with Crippen LogP contribution in [-0.2, 0) is 15.2 Å². The molecule has 0 aliphatic heterocycles. The summed E-state index contributed by atoms with van der Waals surface area (Å²) in [6.07, 6.45) is 1.38. The average Bonchev–Trinajstić information content (AvgIpc) is 3.02. The fourth-order valence-corrected chi connectivity index (χ4v) is 1.93. The molecule has 0 saturated heterocycles. The zero-order valence-electron chi connectivity index (χ0n) is 12.1. The predicted molar refractivity (Wildman–Crippen MR) is 81.3 cm³/mol. The highest BCUT2D eigenvalue weighted by Gasteiger charge is 2.28. The molecule has 0 spiro atoms. The molecule has 0 fully saturated rings. The van der Waals surface area contributed by atoms with Crippen molar-refractivity contribution in [1.29, 1.82) is 0 Å². The van der Waals surface area contributed by atoms with Crippen molar-refractivity contribution in [2.24, 2.45) is 0 Å². The highest BCUT2D eigenvalue weighted by molar-refractivity contribution is 6.39. The molecule has 2 amide bonds. The van der Waals surface area contributed by atoms with Crippen molar-refractivity contribution >= 4 is 29.1 Å². The van der Waals surface area contributed by atoms with Crippen LogP contribution >= 0.6 is 11.6 Å². The summed E-state index contributed by atoms with van der Waals surface area (Å²) in [4.78, 5) is 23.5. The summed E-state index contributed by atoms with van der Waals surface area (Å²) < 4.78 is 18.6. The average molecular weight is 341 g/mol. The van der Waals surface area contributed by atoms with Crippen molar-refractivity contribution < 1.29 is 23.5 Å². The van der Waals surface area contributed by atoms with Crippen LogP contribution in [0.4, 0.5) is 10.1 Å². The van der Waals surface area contributed by atoms with Crippen LogP contribution < -0.4 is 10.6 Å². The maximum Gasteiger partial charge on any atom is 0.313 e. The van der Waals surface area contributed by atoms with Crippen LogP contribution in [0.1, 0.15) is 12.7 Å². The molecule has 0 aliphatic carbocycles. The lowest BCUT2D eigenvalue weighted by molar-refractivity contribution is -0.136. The maximum absolute atomic E-state index is 13.6. The first kappa shape index (κ1) is 17.0. The monoisotopic (exact) mass is 340 g/mol. The van der Waals surface area contributed by atoms with Crippen molar-refractivity contribution in [3.05, 3.63) is 53.2 Å². The molecule has 0 saturated carbocycles. The number of nitrogens with one attached hydrogen (secondary N) is 2. The van der Waals surface area contributed by atoms with Gasteiger partial charge in [0.1, 0.15) is 17.2 Å². The van der Waals surface area contributed by atoms with Crippen molar-refractivity contribution in [3.63, 3.8) is 0 Å². The maximum atomic E-state index is 13.6. The van der Waals surface area contributed by atoms with Gasteiger partial charge in [-0.2, -0.15) is 0 Å². The molecule has 0 bridgehead atoms. The summed E-state index contributed by atoms with van der Waals surface area (Å²) in [6, 6.07) is 6.75. The van der Waals surface area contributed by atoms with Crippen LogP contribution in [0.3, 0.4) is 0 Å². The second-order valence-electron chi connectivity index (χ2n) is 5.01. The fourth-order valence-electron chi connectivity index (χ4n) is 1.77. The third-order valence-electron chi connectivity index (χ3n) is 3.03. The number of hydrogen-bond acceptors (Lipinski definition) is 4. The summed E-state index contributed by atoms with van der Waals surface area (Å²) >= 11 is 5.60. The van der Waals surface area contributed by atoms with Gasteiger partial charge >= 0.3 is 11.8 Å². The molecule has 1 heterocycles. The molecule has 8 heteroatoms. The van der Waals surface area contributed by atoms with E-state index in [0.717, 1.165) is 6.07 Å². The van der Waals surface area contributed by atoms with E-state index in [-0.39, 0.29) is 23.0 Å². The van der Waals surface area contributed by atoms with E-state index in [4.69, 9.17) is 16.0 Å². The van der Waals surface area contributed by atoms with Gasteiger partial charge in [-0.1, -0.05) is 11.6 Å². The molecule has 2 rings (SSSR count). The van der Waals surface area contributed by atoms with Crippen LogP contribution in [-0.4, -0.2) is 23.5 Å². The Kier molecular flexibility index (Phi) is 5.02. The number of amides is 2. The summed E-state index contributed by atoms with van der Waals surface area (Å²) in [6.45, 7) is 1.17. The minimum absolute atomic E-state index is 0.166. The van der Waals surface area contributed by atoms with Crippen molar-refractivity contribution in [2.45, 2.75) is 12.5 Å². The Bertz CT molecular complexity index is 716. The second kappa shape index (κ2) is 6.80. The number of halogens is 2. The van der Waals surface area contributed by atoms with Crippen molar-refractivity contribution in [3.8, 4) is 0 Å². The molecule has 2 aromatic rings. The molecule has 1 atom stereocenters. The lowest BCUT2D eigenvalue weighted by Gasteiger charge is -2.20. The van der Waals surface area contributed by atoms with Gasteiger partial charge in [-0.3, -0.25) is 9.59 Å². The van der Waals surface area contributed by atoms with E-state index in [1.165, 1.54) is 31.4 Å². The van der Waals surface area contributed by atoms with E-state index < -0.39 is 23.2 Å². The summed E-state index contributed by atoms with van der Waals surface area (Å²) in [5.41, 5.74) is -1.65. The topological polar surface area (TPSA) is 91.6 Å². The second-order valence-corrected chi connectivity index (χ2v) is 5.45. The molecule has 0 radical (unpaired) electrons. The number of carbonyl (C=O) groups excluding carboxylic acids is 2. The first-order chi connectivity index (χ1) is 10.8. The van der Waals surface area contributed by atoms with Gasteiger partial charge in [0.05, 0.1) is 18.5 Å². The van der Waals surface area contributed by atoms with Crippen LogP contribution in [0, 0.1) is 5.82 Å². The zero-order chi connectivity index (χ0) is 17.0. The Balaban J connectivity index is 1.94. The van der Waals surface area contributed by atoms with Gasteiger partial charge in [-0.25, -0.2) is 4.39 Å². The van der Waals surface area contributed by atoms with Crippen LogP contribution in [0.2, 0.25) is 5.02 Å². The molecule has 3 N–H and O–H groups in total. The first-order valence-electron chi connectivity index (χ1n) is 6.60. The van der Waals surface area contributed by atoms with Crippen LogP contribution in [0.25, 0.3) is 0 Å². The lowest BCUT2D eigenvalue weighted by Crippen LogP contribution is -2.43. The van der Waals surface area contributed by atoms with E-state index in [2.05, 4.69) is 10.6 Å². The van der Waals surface area contributed by atoms with E-state index in [0.29, 0.717) is 0 Å². The molecular weight excluding hydrogens is 327 g/mol. The van der Waals surface area contributed by atoms with Crippen LogP contribution in [0.5, 0.6) is 0 Å². The van der Waals surface area contributed by atoms with E-state index in [1.807, 2.05) is 0 Å². The number of anilines is 1. The predicted octanol–water partition coefficient (Wildman–Crippen LogP) is 2.03. The number of carbonyl (C=O) groups is 2. The Morgan fingerprint density at radius 2 is 2.09 bits per heavy atom.